The Morgan fingerprint density at radius 2 is 2.22 bits per heavy atom. The van der Waals surface area contributed by atoms with E-state index in [1.165, 1.54) is 0 Å². The summed E-state index contributed by atoms with van der Waals surface area (Å²) in [5, 5.41) is 6.16. The fourth-order valence-corrected chi connectivity index (χ4v) is 2.33. The predicted octanol–water partition coefficient (Wildman–Crippen LogP) is 1.65. The van der Waals surface area contributed by atoms with Crippen LogP contribution in [0.1, 0.15) is 24.9 Å². The molecule has 5 heteroatoms. The van der Waals surface area contributed by atoms with Gasteiger partial charge < -0.3 is 10.6 Å². The van der Waals surface area contributed by atoms with Crippen LogP contribution in [0.2, 0.25) is 5.02 Å². The Kier molecular flexibility index (Phi) is 3.87. The van der Waals surface area contributed by atoms with Gasteiger partial charge in [0.15, 0.2) is 0 Å². The smallest absolute Gasteiger partial charge is 0.225 e. The summed E-state index contributed by atoms with van der Waals surface area (Å²) in [5.41, 5.74) is 0.879. The molecular weight excluding hydrogens is 252 g/mol. The molecule has 4 nitrogen and oxygen atoms in total. The second-order valence-corrected chi connectivity index (χ2v) is 4.86. The Balaban J connectivity index is 1.99. The van der Waals surface area contributed by atoms with Crippen LogP contribution in [0.25, 0.3) is 0 Å². The van der Waals surface area contributed by atoms with Crippen molar-refractivity contribution in [2.24, 2.45) is 5.92 Å². The third-order valence-corrected chi connectivity index (χ3v) is 3.42. The van der Waals surface area contributed by atoms with Crippen molar-refractivity contribution in [3.63, 3.8) is 0 Å². The molecule has 2 amide bonds. The maximum atomic E-state index is 11.9. The minimum atomic E-state index is -0.276. The van der Waals surface area contributed by atoms with Gasteiger partial charge in [0.25, 0.3) is 0 Å². The molecule has 2 atom stereocenters. The number of rotatable bonds is 3. The summed E-state index contributed by atoms with van der Waals surface area (Å²) in [5.74, 6) is -0.455. The highest BCUT2D eigenvalue weighted by Crippen LogP contribution is 2.22. The number of hydrogen-bond acceptors (Lipinski definition) is 2. The van der Waals surface area contributed by atoms with E-state index in [4.69, 9.17) is 11.6 Å². The van der Waals surface area contributed by atoms with Gasteiger partial charge >= 0.3 is 0 Å². The Labute approximate surface area is 111 Å². The van der Waals surface area contributed by atoms with Crippen LogP contribution < -0.4 is 10.6 Å². The average molecular weight is 267 g/mol. The normalized spacial score (nSPS) is 20.3. The summed E-state index contributed by atoms with van der Waals surface area (Å²) in [6, 6.07) is 7.23. The highest BCUT2D eigenvalue weighted by atomic mass is 35.5. The Hall–Kier alpha value is -1.55. The van der Waals surface area contributed by atoms with Crippen molar-refractivity contribution in [3.05, 3.63) is 34.9 Å². The molecule has 0 aromatic heterocycles. The molecule has 1 aliphatic heterocycles. The highest BCUT2D eigenvalue weighted by molar-refractivity contribution is 6.31. The number of halogens is 1. The fourth-order valence-electron chi connectivity index (χ4n) is 2.03. The lowest BCUT2D eigenvalue weighted by molar-refractivity contribution is -0.127. The number of hydrogen-bond donors (Lipinski definition) is 2. The molecule has 0 radical (unpaired) electrons. The van der Waals surface area contributed by atoms with Gasteiger partial charge in [-0.3, -0.25) is 9.59 Å². The second-order valence-electron chi connectivity index (χ2n) is 4.46. The monoisotopic (exact) mass is 266 g/mol. The third kappa shape index (κ3) is 2.82. The Bertz CT molecular complexity index is 476. The van der Waals surface area contributed by atoms with Gasteiger partial charge in [-0.1, -0.05) is 29.8 Å². The molecule has 1 aromatic carbocycles. The van der Waals surface area contributed by atoms with Gasteiger partial charge in [0.05, 0.1) is 12.0 Å². The summed E-state index contributed by atoms with van der Waals surface area (Å²) >= 11 is 6.07. The molecule has 0 saturated carbocycles. The summed E-state index contributed by atoms with van der Waals surface area (Å²) in [6.45, 7) is 2.29. The first-order chi connectivity index (χ1) is 8.58. The lowest BCUT2D eigenvalue weighted by Crippen LogP contribution is -2.33. The number of benzene rings is 1. The molecular formula is C13H15ClN2O2. The van der Waals surface area contributed by atoms with Gasteiger partial charge in [-0.25, -0.2) is 0 Å². The maximum Gasteiger partial charge on any atom is 0.225 e. The summed E-state index contributed by atoms with van der Waals surface area (Å²) in [7, 11) is 0. The summed E-state index contributed by atoms with van der Waals surface area (Å²) < 4.78 is 0. The predicted molar refractivity (Wildman–Crippen MR) is 69.1 cm³/mol. The van der Waals surface area contributed by atoms with Crippen molar-refractivity contribution in [1.82, 2.24) is 10.6 Å². The van der Waals surface area contributed by atoms with Crippen molar-refractivity contribution in [3.8, 4) is 0 Å². The third-order valence-electron chi connectivity index (χ3n) is 3.08. The van der Waals surface area contributed by atoms with Crippen LogP contribution >= 0.6 is 11.6 Å². The number of carbonyl (C=O) groups excluding carboxylic acids is 2. The molecule has 1 fully saturated rings. The van der Waals surface area contributed by atoms with Gasteiger partial charge in [-0.2, -0.15) is 0 Å². The number of carbonyl (C=O) groups is 2. The zero-order valence-electron chi connectivity index (χ0n) is 10.1. The molecule has 1 aromatic rings. The van der Waals surface area contributed by atoms with E-state index in [0.29, 0.717) is 11.6 Å². The lowest BCUT2D eigenvalue weighted by Gasteiger charge is -2.17. The zero-order chi connectivity index (χ0) is 13.1. The fraction of sp³-hybridized carbons (Fsp3) is 0.385. The van der Waals surface area contributed by atoms with Crippen molar-refractivity contribution in [1.29, 1.82) is 0 Å². The minimum absolute atomic E-state index is 0.0689. The van der Waals surface area contributed by atoms with Crippen LogP contribution in [-0.2, 0) is 9.59 Å². The first-order valence-electron chi connectivity index (χ1n) is 5.89. The van der Waals surface area contributed by atoms with Gasteiger partial charge in [0, 0.05) is 18.0 Å². The molecule has 2 N–H and O–H groups in total. The van der Waals surface area contributed by atoms with Crippen LogP contribution in [0.5, 0.6) is 0 Å². The highest BCUT2D eigenvalue weighted by Gasteiger charge is 2.28. The first kappa shape index (κ1) is 12.9. The summed E-state index contributed by atoms with van der Waals surface area (Å²) in [6.07, 6.45) is 0.265. The van der Waals surface area contributed by atoms with Crippen molar-refractivity contribution in [2.75, 3.05) is 6.54 Å². The van der Waals surface area contributed by atoms with Crippen LogP contribution in [0.3, 0.4) is 0 Å². The van der Waals surface area contributed by atoms with E-state index in [1.807, 2.05) is 25.1 Å². The Morgan fingerprint density at radius 1 is 1.50 bits per heavy atom. The SMILES string of the molecule is CC(NC(=O)C1CNC(=O)C1)c1ccccc1Cl. The van der Waals surface area contributed by atoms with Crippen LogP contribution in [0.4, 0.5) is 0 Å². The molecule has 0 bridgehead atoms. The quantitative estimate of drug-likeness (QED) is 0.874. The minimum Gasteiger partial charge on any atom is -0.355 e. The molecule has 2 unspecified atom stereocenters. The molecule has 2 rings (SSSR count). The van der Waals surface area contributed by atoms with Gasteiger partial charge in [0.2, 0.25) is 11.8 Å². The Morgan fingerprint density at radius 3 is 2.83 bits per heavy atom. The maximum absolute atomic E-state index is 11.9. The van der Waals surface area contributed by atoms with Crippen LogP contribution in [0, 0.1) is 5.92 Å². The standard InChI is InChI=1S/C13H15ClN2O2/c1-8(10-4-2-3-5-11(10)14)16-13(18)9-6-12(17)15-7-9/h2-5,8-9H,6-7H2,1H3,(H,15,17)(H,16,18). The van der Waals surface area contributed by atoms with E-state index >= 15 is 0 Å². The van der Waals surface area contributed by atoms with Crippen molar-refractivity contribution in [2.45, 2.75) is 19.4 Å². The molecule has 96 valence electrons. The van der Waals surface area contributed by atoms with E-state index in [9.17, 15) is 9.59 Å². The number of nitrogens with one attached hydrogen (secondary N) is 2. The number of amides is 2. The largest absolute Gasteiger partial charge is 0.355 e. The van der Waals surface area contributed by atoms with Gasteiger partial charge in [0.1, 0.15) is 0 Å². The molecule has 0 aliphatic carbocycles. The first-order valence-corrected chi connectivity index (χ1v) is 6.27. The molecule has 0 spiro atoms. The zero-order valence-corrected chi connectivity index (χ0v) is 10.8. The topological polar surface area (TPSA) is 58.2 Å². The van der Waals surface area contributed by atoms with Crippen molar-refractivity contribution < 1.29 is 9.59 Å². The van der Waals surface area contributed by atoms with E-state index in [0.717, 1.165) is 5.56 Å². The summed E-state index contributed by atoms with van der Waals surface area (Å²) in [4.78, 5) is 23.0. The molecule has 18 heavy (non-hydrogen) atoms. The van der Waals surface area contributed by atoms with Gasteiger partial charge in [-0.15, -0.1) is 0 Å². The van der Waals surface area contributed by atoms with Gasteiger partial charge in [-0.05, 0) is 18.6 Å². The van der Waals surface area contributed by atoms with Crippen LogP contribution in [0.15, 0.2) is 24.3 Å². The van der Waals surface area contributed by atoms with Crippen LogP contribution in [-0.4, -0.2) is 18.4 Å². The van der Waals surface area contributed by atoms with E-state index in [-0.39, 0.29) is 30.2 Å². The molecule has 1 heterocycles. The lowest BCUT2D eigenvalue weighted by atomic mass is 10.1. The average Bonchev–Trinajstić information content (AvgIpc) is 2.76. The van der Waals surface area contributed by atoms with E-state index < -0.39 is 0 Å². The molecule has 1 saturated heterocycles. The van der Waals surface area contributed by atoms with E-state index in [2.05, 4.69) is 10.6 Å². The molecule has 1 aliphatic rings. The van der Waals surface area contributed by atoms with E-state index in [1.54, 1.807) is 6.07 Å². The second kappa shape index (κ2) is 5.40. The van der Waals surface area contributed by atoms with Crippen molar-refractivity contribution >= 4 is 23.4 Å².